The molecule has 2 rings (SSSR count). The third-order valence-electron chi connectivity index (χ3n) is 2.90. The molecule has 1 aromatic heterocycles. The fourth-order valence-corrected chi connectivity index (χ4v) is 2.07. The number of nitrogen functional groups attached to an aromatic ring is 1. The first-order valence-electron chi connectivity index (χ1n) is 6.75. The number of hydrogen-bond donors (Lipinski definition) is 3. The number of para-hydroxylation sites is 1. The summed E-state index contributed by atoms with van der Waals surface area (Å²) in [6.45, 7) is 4.06. The van der Waals surface area contributed by atoms with Crippen molar-refractivity contribution in [2.45, 2.75) is 19.9 Å². The quantitative estimate of drug-likeness (QED) is 0.558. The molecule has 1 aromatic carbocycles. The molecule has 0 saturated heterocycles. The summed E-state index contributed by atoms with van der Waals surface area (Å²) in [4.78, 5) is 22.3. The zero-order chi connectivity index (χ0) is 15.4. The van der Waals surface area contributed by atoms with Gasteiger partial charge in [-0.2, -0.15) is 4.98 Å². The molecule has 0 saturated carbocycles. The van der Waals surface area contributed by atoms with E-state index in [9.17, 15) is 4.79 Å². The van der Waals surface area contributed by atoms with Gasteiger partial charge in [0, 0.05) is 18.5 Å². The Balaban J connectivity index is 2.33. The molecule has 0 bridgehead atoms. The van der Waals surface area contributed by atoms with Gasteiger partial charge in [0.2, 0.25) is 11.9 Å². The molecular weight excluding hydrogens is 268 g/mol. The Morgan fingerprint density at radius 3 is 2.71 bits per heavy atom. The summed E-state index contributed by atoms with van der Waals surface area (Å²) >= 11 is 0. The lowest BCUT2D eigenvalue weighted by Gasteiger charge is -2.20. The number of hydrogen-bond acceptors (Lipinski definition) is 6. The van der Waals surface area contributed by atoms with Gasteiger partial charge in [-0.1, -0.05) is 12.1 Å². The number of fused-ring (bicyclic) bond motifs is 1. The predicted octanol–water partition coefficient (Wildman–Crippen LogP) is 0.876. The molecule has 1 amide bonds. The minimum Gasteiger partial charge on any atom is -0.352 e. The van der Waals surface area contributed by atoms with E-state index in [2.05, 4.69) is 20.7 Å². The number of aromatic nitrogens is 2. The standard InChI is InChI=1S/C14H20N6O/c1-9(2)16-12(21)8-20(3)13-10-6-4-5-7-11(10)17-14(18-13)19-15/h4-7,9H,8,15H2,1-3H3,(H,16,21)(H,17,18,19). The first-order chi connectivity index (χ1) is 10.0. The molecular formula is C14H20N6O. The Bertz CT molecular complexity index is 642. The van der Waals surface area contributed by atoms with Crippen molar-refractivity contribution in [1.82, 2.24) is 15.3 Å². The predicted molar refractivity (Wildman–Crippen MR) is 83.9 cm³/mol. The van der Waals surface area contributed by atoms with Crippen LogP contribution >= 0.6 is 0 Å². The van der Waals surface area contributed by atoms with Gasteiger partial charge >= 0.3 is 0 Å². The zero-order valence-electron chi connectivity index (χ0n) is 12.4. The molecule has 0 aliphatic carbocycles. The van der Waals surface area contributed by atoms with Crippen LogP contribution in [-0.4, -0.2) is 35.5 Å². The number of hydrazine groups is 1. The van der Waals surface area contributed by atoms with E-state index in [0.717, 1.165) is 10.9 Å². The van der Waals surface area contributed by atoms with Crippen molar-refractivity contribution in [2.24, 2.45) is 5.84 Å². The Kier molecular flexibility index (Phi) is 4.54. The second-order valence-electron chi connectivity index (χ2n) is 5.11. The normalized spacial score (nSPS) is 10.7. The highest BCUT2D eigenvalue weighted by Crippen LogP contribution is 2.23. The zero-order valence-corrected chi connectivity index (χ0v) is 12.4. The summed E-state index contributed by atoms with van der Waals surface area (Å²) in [7, 11) is 1.81. The number of benzene rings is 1. The molecule has 112 valence electrons. The second kappa shape index (κ2) is 6.36. The average Bonchev–Trinajstić information content (AvgIpc) is 2.44. The average molecular weight is 288 g/mol. The summed E-state index contributed by atoms with van der Waals surface area (Å²) in [5.41, 5.74) is 3.22. The summed E-state index contributed by atoms with van der Waals surface area (Å²) in [5, 5.41) is 3.73. The fraction of sp³-hybridized carbons (Fsp3) is 0.357. The fourth-order valence-electron chi connectivity index (χ4n) is 2.07. The van der Waals surface area contributed by atoms with Crippen molar-refractivity contribution >= 4 is 28.6 Å². The topological polar surface area (TPSA) is 96.2 Å². The molecule has 21 heavy (non-hydrogen) atoms. The molecule has 0 unspecified atom stereocenters. The van der Waals surface area contributed by atoms with Crippen molar-refractivity contribution in [3.8, 4) is 0 Å². The minimum atomic E-state index is -0.0579. The Labute approximate surface area is 123 Å². The number of anilines is 2. The number of rotatable bonds is 5. The third-order valence-corrected chi connectivity index (χ3v) is 2.90. The van der Waals surface area contributed by atoms with Crippen LogP contribution in [0.2, 0.25) is 0 Å². The second-order valence-corrected chi connectivity index (χ2v) is 5.11. The highest BCUT2D eigenvalue weighted by atomic mass is 16.2. The van der Waals surface area contributed by atoms with Gasteiger partial charge in [0.25, 0.3) is 0 Å². The van der Waals surface area contributed by atoms with Crippen molar-refractivity contribution in [1.29, 1.82) is 0 Å². The Morgan fingerprint density at radius 2 is 2.05 bits per heavy atom. The summed E-state index contributed by atoms with van der Waals surface area (Å²) < 4.78 is 0. The van der Waals surface area contributed by atoms with Crippen LogP contribution in [0.1, 0.15) is 13.8 Å². The highest BCUT2D eigenvalue weighted by molar-refractivity contribution is 5.92. The number of carbonyl (C=O) groups is 1. The Morgan fingerprint density at radius 1 is 1.33 bits per heavy atom. The maximum Gasteiger partial charge on any atom is 0.239 e. The van der Waals surface area contributed by atoms with Gasteiger partial charge in [-0.3, -0.25) is 10.2 Å². The van der Waals surface area contributed by atoms with Gasteiger partial charge in [0.15, 0.2) is 0 Å². The van der Waals surface area contributed by atoms with Crippen LogP contribution in [0.4, 0.5) is 11.8 Å². The molecule has 2 aromatic rings. The van der Waals surface area contributed by atoms with E-state index >= 15 is 0 Å². The maximum absolute atomic E-state index is 11.9. The molecule has 0 atom stereocenters. The van der Waals surface area contributed by atoms with Crippen LogP contribution in [0.15, 0.2) is 24.3 Å². The first kappa shape index (κ1) is 15.0. The number of carbonyl (C=O) groups excluding carboxylic acids is 1. The van der Waals surface area contributed by atoms with E-state index in [4.69, 9.17) is 5.84 Å². The van der Waals surface area contributed by atoms with Gasteiger partial charge in [-0.25, -0.2) is 10.8 Å². The smallest absolute Gasteiger partial charge is 0.239 e. The van der Waals surface area contributed by atoms with Crippen LogP contribution in [-0.2, 0) is 4.79 Å². The maximum atomic E-state index is 11.9. The lowest BCUT2D eigenvalue weighted by Crippen LogP contribution is -2.39. The summed E-state index contributed by atoms with van der Waals surface area (Å²) in [6, 6.07) is 7.71. The van der Waals surface area contributed by atoms with E-state index < -0.39 is 0 Å². The van der Waals surface area contributed by atoms with Crippen LogP contribution in [0, 0.1) is 0 Å². The summed E-state index contributed by atoms with van der Waals surface area (Å²) in [5.74, 6) is 6.33. The SMILES string of the molecule is CC(C)NC(=O)CN(C)c1nc(NN)nc2ccccc12. The van der Waals surface area contributed by atoms with E-state index in [-0.39, 0.29) is 18.5 Å². The van der Waals surface area contributed by atoms with Gasteiger partial charge < -0.3 is 10.2 Å². The highest BCUT2D eigenvalue weighted by Gasteiger charge is 2.14. The minimum absolute atomic E-state index is 0.0579. The van der Waals surface area contributed by atoms with Gasteiger partial charge in [0.05, 0.1) is 12.1 Å². The Hall–Kier alpha value is -2.41. The molecule has 4 N–H and O–H groups in total. The number of amides is 1. The monoisotopic (exact) mass is 288 g/mol. The number of nitrogens with two attached hydrogens (primary N) is 1. The lowest BCUT2D eigenvalue weighted by atomic mass is 10.2. The van der Waals surface area contributed by atoms with Crippen LogP contribution in [0.3, 0.4) is 0 Å². The molecule has 0 radical (unpaired) electrons. The van der Waals surface area contributed by atoms with Crippen molar-refractivity contribution in [3.63, 3.8) is 0 Å². The van der Waals surface area contributed by atoms with Crippen molar-refractivity contribution in [2.75, 3.05) is 23.9 Å². The van der Waals surface area contributed by atoms with Gasteiger partial charge in [-0.15, -0.1) is 0 Å². The molecule has 0 aliphatic rings. The molecule has 7 heteroatoms. The molecule has 1 heterocycles. The largest absolute Gasteiger partial charge is 0.352 e. The summed E-state index contributed by atoms with van der Waals surface area (Å²) in [6.07, 6.45) is 0. The van der Waals surface area contributed by atoms with E-state index in [1.54, 1.807) is 4.90 Å². The number of likely N-dealkylation sites (N-methyl/N-ethyl adjacent to an activating group) is 1. The third kappa shape index (κ3) is 3.57. The number of nitrogens with one attached hydrogen (secondary N) is 2. The number of nitrogens with zero attached hydrogens (tertiary/aromatic N) is 3. The van der Waals surface area contributed by atoms with Crippen LogP contribution in [0.5, 0.6) is 0 Å². The van der Waals surface area contributed by atoms with Crippen LogP contribution in [0.25, 0.3) is 10.9 Å². The molecule has 0 aliphatic heterocycles. The van der Waals surface area contributed by atoms with Crippen LogP contribution < -0.4 is 21.5 Å². The van der Waals surface area contributed by atoms with Crippen molar-refractivity contribution in [3.05, 3.63) is 24.3 Å². The first-order valence-corrected chi connectivity index (χ1v) is 6.75. The van der Waals surface area contributed by atoms with Crippen molar-refractivity contribution < 1.29 is 4.79 Å². The van der Waals surface area contributed by atoms with Gasteiger partial charge in [0.1, 0.15) is 5.82 Å². The molecule has 7 nitrogen and oxygen atoms in total. The van der Waals surface area contributed by atoms with E-state index in [1.165, 1.54) is 0 Å². The lowest BCUT2D eigenvalue weighted by molar-refractivity contribution is -0.120. The van der Waals surface area contributed by atoms with Gasteiger partial charge in [-0.05, 0) is 26.0 Å². The van der Waals surface area contributed by atoms with E-state index in [0.29, 0.717) is 11.8 Å². The van der Waals surface area contributed by atoms with E-state index in [1.807, 2.05) is 45.2 Å². The molecule has 0 spiro atoms. The molecule has 0 fully saturated rings.